The summed E-state index contributed by atoms with van der Waals surface area (Å²) in [5.74, 6) is -1.19. The molecule has 1 aromatic heterocycles. The quantitative estimate of drug-likeness (QED) is 0.791. The molecule has 5 nitrogen and oxygen atoms in total. The number of rotatable bonds is 2. The topological polar surface area (TPSA) is 79.7 Å². The maximum atomic E-state index is 10.8. The first-order chi connectivity index (χ1) is 7.68. The normalized spacial score (nSPS) is 17.2. The Bertz CT molecular complexity index is 399. The number of carboxylic acids is 1. The van der Waals surface area contributed by atoms with Gasteiger partial charge in [-0.05, 0) is 18.9 Å². The van der Waals surface area contributed by atoms with Crippen LogP contribution in [-0.4, -0.2) is 34.4 Å². The van der Waals surface area contributed by atoms with Crippen molar-refractivity contribution in [3.05, 3.63) is 23.5 Å². The molecule has 1 aliphatic heterocycles. The Labute approximate surface area is 92.7 Å². The smallest absolute Gasteiger partial charge is 0.339 e. The zero-order chi connectivity index (χ0) is 11.5. The highest BCUT2D eigenvalue weighted by molar-refractivity contribution is 5.90. The monoisotopic (exact) mass is 223 g/mol. The number of aromatic carboxylic acids is 1. The fraction of sp³-hybridized carbons (Fsp3) is 0.455. The predicted molar refractivity (Wildman–Crippen MR) is 55.7 cm³/mol. The van der Waals surface area contributed by atoms with Gasteiger partial charge in [-0.1, -0.05) is 0 Å². The fourth-order valence-corrected chi connectivity index (χ4v) is 1.85. The molecule has 1 saturated heterocycles. The Morgan fingerprint density at radius 2 is 2.12 bits per heavy atom. The molecule has 2 heterocycles. The summed E-state index contributed by atoms with van der Waals surface area (Å²) in [4.78, 5) is 14.9. The Morgan fingerprint density at radius 3 is 2.75 bits per heavy atom. The van der Waals surface area contributed by atoms with Crippen molar-refractivity contribution in [2.45, 2.75) is 18.8 Å². The van der Waals surface area contributed by atoms with Gasteiger partial charge in [0, 0.05) is 24.8 Å². The van der Waals surface area contributed by atoms with E-state index in [1.807, 2.05) is 0 Å². The van der Waals surface area contributed by atoms with Gasteiger partial charge in [0.2, 0.25) is 0 Å². The summed E-state index contributed by atoms with van der Waals surface area (Å²) in [6, 6.07) is 1.45. The lowest BCUT2D eigenvalue weighted by atomic mass is 9.95. The average Bonchev–Trinajstić information content (AvgIpc) is 2.30. The lowest BCUT2D eigenvalue weighted by Gasteiger charge is -2.21. The summed E-state index contributed by atoms with van der Waals surface area (Å²) in [6.07, 6.45) is 2.89. The van der Waals surface area contributed by atoms with Crippen LogP contribution in [0, 0.1) is 0 Å². The van der Waals surface area contributed by atoms with Crippen LogP contribution < -0.4 is 0 Å². The number of hydrogen-bond acceptors (Lipinski definition) is 4. The first kappa shape index (κ1) is 10.9. The minimum atomic E-state index is -1.13. The Hall–Kier alpha value is -1.62. The molecule has 0 atom stereocenters. The molecule has 0 bridgehead atoms. The van der Waals surface area contributed by atoms with E-state index in [0.29, 0.717) is 13.2 Å². The number of hydrogen-bond donors (Lipinski definition) is 2. The molecule has 16 heavy (non-hydrogen) atoms. The van der Waals surface area contributed by atoms with Crippen molar-refractivity contribution in [3.63, 3.8) is 0 Å². The summed E-state index contributed by atoms with van der Waals surface area (Å²) in [7, 11) is 0. The van der Waals surface area contributed by atoms with Gasteiger partial charge >= 0.3 is 5.97 Å². The second-order valence-corrected chi connectivity index (χ2v) is 3.82. The first-order valence-electron chi connectivity index (χ1n) is 5.18. The molecule has 0 aromatic carbocycles. The van der Waals surface area contributed by atoms with Crippen LogP contribution in [0.5, 0.6) is 5.75 Å². The molecule has 0 spiro atoms. The number of pyridine rings is 1. The molecule has 0 saturated carbocycles. The molecule has 1 aromatic rings. The van der Waals surface area contributed by atoms with Crippen LogP contribution in [0.2, 0.25) is 0 Å². The molecule has 0 amide bonds. The Balaban J connectivity index is 2.27. The van der Waals surface area contributed by atoms with Crippen LogP contribution in [0.1, 0.15) is 34.8 Å². The van der Waals surface area contributed by atoms with E-state index in [0.717, 1.165) is 18.5 Å². The van der Waals surface area contributed by atoms with Crippen molar-refractivity contribution in [2.24, 2.45) is 0 Å². The molecule has 2 rings (SSSR count). The van der Waals surface area contributed by atoms with Gasteiger partial charge in [0.15, 0.2) is 0 Å². The van der Waals surface area contributed by atoms with Gasteiger partial charge in [-0.25, -0.2) is 4.79 Å². The van der Waals surface area contributed by atoms with Crippen molar-refractivity contribution in [1.82, 2.24) is 4.98 Å². The van der Waals surface area contributed by atoms with Crippen molar-refractivity contribution < 1.29 is 19.7 Å². The van der Waals surface area contributed by atoms with Crippen molar-refractivity contribution in [1.29, 1.82) is 0 Å². The van der Waals surface area contributed by atoms with Crippen molar-refractivity contribution in [3.8, 4) is 5.75 Å². The van der Waals surface area contributed by atoms with Crippen LogP contribution >= 0.6 is 0 Å². The van der Waals surface area contributed by atoms with E-state index in [9.17, 15) is 9.90 Å². The number of aromatic nitrogens is 1. The maximum absolute atomic E-state index is 10.8. The second-order valence-electron chi connectivity index (χ2n) is 3.82. The lowest BCUT2D eigenvalue weighted by molar-refractivity contribution is 0.0693. The van der Waals surface area contributed by atoms with E-state index in [4.69, 9.17) is 9.84 Å². The molecule has 0 radical (unpaired) electrons. The van der Waals surface area contributed by atoms with Crippen LogP contribution in [0.25, 0.3) is 0 Å². The highest BCUT2D eigenvalue weighted by Gasteiger charge is 2.20. The van der Waals surface area contributed by atoms with Gasteiger partial charge in [-0.2, -0.15) is 0 Å². The summed E-state index contributed by atoms with van der Waals surface area (Å²) in [5, 5.41) is 18.2. The molecular formula is C11H13NO4. The number of carbonyl (C=O) groups is 1. The molecule has 0 aliphatic carbocycles. The third-order valence-electron chi connectivity index (χ3n) is 2.77. The molecule has 1 fully saturated rings. The van der Waals surface area contributed by atoms with Crippen LogP contribution in [0.15, 0.2) is 12.3 Å². The molecule has 86 valence electrons. The second kappa shape index (κ2) is 4.49. The average molecular weight is 223 g/mol. The highest BCUT2D eigenvalue weighted by Crippen LogP contribution is 2.28. The van der Waals surface area contributed by atoms with Gasteiger partial charge in [-0.15, -0.1) is 0 Å². The van der Waals surface area contributed by atoms with E-state index in [1.165, 1.54) is 12.3 Å². The lowest BCUT2D eigenvalue weighted by Crippen LogP contribution is -2.15. The maximum Gasteiger partial charge on any atom is 0.339 e. The number of aromatic hydroxyl groups is 1. The zero-order valence-electron chi connectivity index (χ0n) is 8.72. The number of nitrogens with zero attached hydrogens (tertiary/aromatic N) is 1. The minimum absolute atomic E-state index is 0.0866. The van der Waals surface area contributed by atoms with Crippen LogP contribution in [0.4, 0.5) is 0 Å². The largest absolute Gasteiger partial charge is 0.505 e. The van der Waals surface area contributed by atoms with Gasteiger partial charge in [0.25, 0.3) is 0 Å². The molecule has 2 N–H and O–H groups in total. The standard InChI is InChI=1S/C11H13NO4/c13-10-6-12-9(5-8(10)11(14)15)7-1-3-16-4-2-7/h5-7,13H,1-4H2,(H,14,15). The van der Waals surface area contributed by atoms with Gasteiger partial charge < -0.3 is 14.9 Å². The van der Waals surface area contributed by atoms with E-state index in [1.54, 1.807) is 0 Å². The fourth-order valence-electron chi connectivity index (χ4n) is 1.85. The van der Waals surface area contributed by atoms with Crippen LogP contribution in [0.3, 0.4) is 0 Å². The predicted octanol–water partition coefficient (Wildman–Crippen LogP) is 1.38. The van der Waals surface area contributed by atoms with E-state index < -0.39 is 5.97 Å². The SMILES string of the molecule is O=C(O)c1cc(C2CCOCC2)ncc1O. The summed E-state index contributed by atoms with van der Waals surface area (Å²) >= 11 is 0. The number of ether oxygens (including phenoxy) is 1. The van der Waals surface area contributed by atoms with Crippen LogP contribution in [-0.2, 0) is 4.74 Å². The molecule has 1 aliphatic rings. The number of carboxylic acid groups (broad SMARTS) is 1. The van der Waals surface area contributed by atoms with Crippen molar-refractivity contribution >= 4 is 5.97 Å². The third kappa shape index (κ3) is 2.14. The summed E-state index contributed by atoms with van der Waals surface area (Å²) in [5.41, 5.74) is 0.634. The molecule has 5 heteroatoms. The highest BCUT2D eigenvalue weighted by atomic mass is 16.5. The first-order valence-corrected chi connectivity index (χ1v) is 5.18. The zero-order valence-corrected chi connectivity index (χ0v) is 8.72. The Morgan fingerprint density at radius 1 is 1.44 bits per heavy atom. The molecular weight excluding hydrogens is 210 g/mol. The third-order valence-corrected chi connectivity index (χ3v) is 2.77. The minimum Gasteiger partial charge on any atom is -0.505 e. The van der Waals surface area contributed by atoms with Crippen molar-refractivity contribution in [2.75, 3.05) is 13.2 Å². The molecule has 0 unspecified atom stereocenters. The van der Waals surface area contributed by atoms with E-state index in [2.05, 4.69) is 4.98 Å². The van der Waals surface area contributed by atoms with Gasteiger partial charge in [0.1, 0.15) is 11.3 Å². The van der Waals surface area contributed by atoms with E-state index in [-0.39, 0.29) is 17.2 Å². The summed E-state index contributed by atoms with van der Waals surface area (Å²) in [6.45, 7) is 1.35. The van der Waals surface area contributed by atoms with E-state index >= 15 is 0 Å². The van der Waals surface area contributed by atoms with Gasteiger partial charge in [-0.3, -0.25) is 4.98 Å². The Kier molecular flexibility index (Phi) is 3.05. The van der Waals surface area contributed by atoms with Gasteiger partial charge in [0.05, 0.1) is 6.20 Å². The summed E-state index contributed by atoms with van der Waals surface area (Å²) < 4.78 is 5.23.